The van der Waals surface area contributed by atoms with Crippen LogP contribution in [0.3, 0.4) is 0 Å². The average Bonchev–Trinajstić information content (AvgIpc) is 3.00. The molecule has 0 radical (unpaired) electrons. The van der Waals surface area contributed by atoms with Crippen LogP contribution in [0.25, 0.3) is 16.7 Å². The number of nitrogens with zero attached hydrogens (tertiary/aromatic N) is 3. The molecule has 3 heterocycles. The summed E-state index contributed by atoms with van der Waals surface area (Å²) < 4.78 is 29.4. The summed E-state index contributed by atoms with van der Waals surface area (Å²) in [5, 5.41) is 3.60. The van der Waals surface area contributed by atoms with Crippen LogP contribution in [0, 0.1) is 6.92 Å². The first-order valence-electron chi connectivity index (χ1n) is 8.06. The largest absolute Gasteiger partial charge is 0.294 e. The molecule has 0 saturated carbocycles. The zero-order valence-corrected chi connectivity index (χ0v) is 15.1. The van der Waals surface area contributed by atoms with E-state index in [0.29, 0.717) is 17.0 Å². The smallest absolute Gasteiger partial charge is 0.272 e. The van der Waals surface area contributed by atoms with Crippen molar-refractivity contribution in [3.63, 3.8) is 0 Å². The van der Waals surface area contributed by atoms with E-state index >= 15 is 0 Å². The molecule has 4 rings (SSSR count). The molecule has 0 aliphatic rings. The number of aromatic amines is 1. The molecule has 1 aromatic carbocycles. The van der Waals surface area contributed by atoms with Gasteiger partial charge >= 0.3 is 0 Å². The maximum atomic E-state index is 12.8. The van der Waals surface area contributed by atoms with Crippen molar-refractivity contribution in [3.8, 4) is 5.82 Å². The van der Waals surface area contributed by atoms with E-state index in [4.69, 9.17) is 0 Å². The lowest BCUT2D eigenvalue weighted by Gasteiger charge is -2.10. The molecule has 0 saturated heterocycles. The minimum atomic E-state index is -3.85. The van der Waals surface area contributed by atoms with Gasteiger partial charge in [0.2, 0.25) is 0 Å². The normalized spacial score (nSPS) is 11.6. The molecule has 9 heteroatoms. The second-order valence-corrected chi connectivity index (χ2v) is 7.61. The van der Waals surface area contributed by atoms with Crippen molar-refractivity contribution in [2.45, 2.75) is 11.8 Å². The van der Waals surface area contributed by atoms with E-state index in [1.807, 2.05) is 0 Å². The standard InChI is InChI=1S/C18H15N5O3S/c1-12-10-17(24)23(21-12)16-8-7-14(11-20-16)22-27(25,26)15-6-2-4-13-5-3-9-19-18(13)15/h2-11,21-22H,1H3. The first-order valence-corrected chi connectivity index (χ1v) is 9.54. The van der Waals surface area contributed by atoms with Crippen molar-refractivity contribution in [1.29, 1.82) is 0 Å². The Morgan fingerprint density at radius 1 is 1.07 bits per heavy atom. The van der Waals surface area contributed by atoms with Crippen LogP contribution >= 0.6 is 0 Å². The number of para-hydroxylation sites is 1. The van der Waals surface area contributed by atoms with Crippen molar-refractivity contribution >= 4 is 26.6 Å². The highest BCUT2D eigenvalue weighted by atomic mass is 32.2. The lowest BCUT2D eigenvalue weighted by molar-refractivity contribution is 0.602. The van der Waals surface area contributed by atoms with E-state index in [1.165, 1.54) is 23.0 Å². The molecule has 27 heavy (non-hydrogen) atoms. The van der Waals surface area contributed by atoms with E-state index in [-0.39, 0.29) is 16.1 Å². The Kier molecular flexibility index (Phi) is 4.00. The highest BCUT2D eigenvalue weighted by Gasteiger charge is 2.18. The fourth-order valence-corrected chi connectivity index (χ4v) is 3.99. The molecule has 0 aliphatic carbocycles. The predicted molar refractivity (Wildman–Crippen MR) is 101 cm³/mol. The topological polar surface area (TPSA) is 110 Å². The fourth-order valence-electron chi connectivity index (χ4n) is 2.77. The van der Waals surface area contributed by atoms with Crippen LogP contribution in [-0.2, 0) is 10.0 Å². The Morgan fingerprint density at radius 3 is 2.59 bits per heavy atom. The summed E-state index contributed by atoms with van der Waals surface area (Å²) in [5.74, 6) is 0.364. The van der Waals surface area contributed by atoms with Crippen molar-refractivity contribution in [1.82, 2.24) is 19.7 Å². The summed E-state index contributed by atoms with van der Waals surface area (Å²) in [7, 11) is -3.85. The van der Waals surface area contributed by atoms with Crippen molar-refractivity contribution < 1.29 is 8.42 Å². The molecule has 8 nitrogen and oxygen atoms in total. The van der Waals surface area contributed by atoms with Crippen LogP contribution < -0.4 is 10.3 Å². The van der Waals surface area contributed by atoms with Gasteiger partial charge in [-0.1, -0.05) is 18.2 Å². The molecule has 0 unspecified atom stereocenters. The minimum Gasteiger partial charge on any atom is -0.294 e. The Bertz CT molecular complexity index is 1290. The number of benzene rings is 1. The Morgan fingerprint density at radius 2 is 1.89 bits per heavy atom. The lowest BCUT2D eigenvalue weighted by atomic mass is 10.2. The average molecular weight is 381 g/mol. The minimum absolute atomic E-state index is 0.0842. The number of fused-ring (bicyclic) bond motifs is 1. The van der Waals surface area contributed by atoms with Gasteiger partial charge in [0.1, 0.15) is 4.90 Å². The monoisotopic (exact) mass is 381 g/mol. The molecule has 0 amide bonds. The number of H-pyrrole nitrogens is 1. The van der Waals surface area contributed by atoms with Gasteiger partial charge in [-0.05, 0) is 31.2 Å². The van der Waals surface area contributed by atoms with Gasteiger partial charge in [-0.15, -0.1) is 0 Å². The summed E-state index contributed by atoms with van der Waals surface area (Å²) in [6.07, 6.45) is 2.90. The molecule has 0 bridgehead atoms. The zero-order chi connectivity index (χ0) is 19.0. The summed E-state index contributed by atoms with van der Waals surface area (Å²) in [6.45, 7) is 1.76. The van der Waals surface area contributed by atoms with Crippen LogP contribution in [0.15, 0.2) is 70.6 Å². The first kappa shape index (κ1) is 17.0. The Hall–Kier alpha value is -3.46. The van der Waals surface area contributed by atoms with E-state index in [2.05, 4.69) is 19.8 Å². The van der Waals surface area contributed by atoms with Crippen molar-refractivity contribution in [3.05, 3.63) is 77.0 Å². The highest BCUT2D eigenvalue weighted by molar-refractivity contribution is 7.93. The fraction of sp³-hybridized carbons (Fsp3) is 0.0556. The zero-order valence-electron chi connectivity index (χ0n) is 14.2. The van der Waals surface area contributed by atoms with Gasteiger partial charge in [0, 0.05) is 23.3 Å². The molecule has 136 valence electrons. The first-order chi connectivity index (χ1) is 12.9. The van der Waals surface area contributed by atoms with Gasteiger partial charge in [0.25, 0.3) is 15.6 Å². The number of sulfonamides is 1. The molecule has 2 N–H and O–H groups in total. The van der Waals surface area contributed by atoms with Gasteiger partial charge < -0.3 is 0 Å². The number of pyridine rings is 2. The van der Waals surface area contributed by atoms with Gasteiger partial charge in [0.15, 0.2) is 5.82 Å². The van der Waals surface area contributed by atoms with Crippen LogP contribution in [-0.4, -0.2) is 28.2 Å². The molecule has 4 aromatic rings. The maximum Gasteiger partial charge on any atom is 0.272 e. The second kappa shape index (κ2) is 6.36. The van der Waals surface area contributed by atoms with E-state index in [1.54, 1.807) is 49.5 Å². The molecule has 0 fully saturated rings. The summed E-state index contributed by atoms with van der Waals surface area (Å²) in [6, 6.07) is 13.1. The maximum absolute atomic E-state index is 12.8. The van der Waals surface area contributed by atoms with E-state index in [0.717, 1.165) is 5.39 Å². The van der Waals surface area contributed by atoms with Crippen LogP contribution in [0.5, 0.6) is 0 Å². The molecular formula is C18H15N5O3S. The molecule has 0 spiro atoms. The molecule has 0 aliphatic heterocycles. The number of rotatable bonds is 4. The molecular weight excluding hydrogens is 366 g/mol. The van der Waals surface area contributed by atoms with Crippen molar-refractivity contribution in [2.75, 3.05) is 4.72 Å². The predicted octanol–water partition coefficient (Wildman–Crippen LogP) is 2.22. The summed E-state index contributed by atoms with van der Waals surface area (Å²) in [5.41, 5.74) is 1.14. The van der Waals surface area contributed by atoms with Crippen molar-refractivity contribution in [2.24, 2.45) is 0 Å². The third kappa shape index (κ3) is 3.20. The highest BCUT2D eigenvalue weighted by Crippen LogP contribution is 2.23. The summed E-state index contributed by atoms with van der Waals surface area (Å²) >= 11 is 0. The number of aryl methyl sites for hydroxylation is 1. The van der Waals surface area contributed by atoms with Crippen LogP contribution in [0.4, 0.5) is 5.69 Å². The summed E-state index contributed by atoms with van der Waals surface area (Å²) in [4.78, 5) is 20.3. The lowest BCUT2D eigenvalue weighted by Crippen LogP contribution is -2.16. The van der Waals surface area contributed by atoms with E-state index < -0.39 is 10.0 Å². The van der Waals surface area contributed by atoms with Crippen LogP contribution in [0.1, 0.15) is 5.69 Å². The number of anilines is 1. The molecule has 3 aromatic heterocycles. The Labute approximate surface area is 154 Å². The number of hydrogen-bond donors (Lipinski definition) is 2. The second-order valence-electron chi connectivity index (χ2n) is 5.95. The van der Waals surface area contributed by atoms with Gasteiger partial charge in [0.05, 0.1) is 17.4 Å². The third-order valence-electron chi connectivity index (χ3n) is 3.96. The van der Waals surface area contributed by atoms with Gasteiger partial charge in [-0.2, -0.15) is 0 Å². The molecule has 0 atom stereocenters. The van der Waals surface area contributed by atoms with E-state index in [9.17, 15) is 13.2 Å². The van der Waals surface area contributed by atoms with Crippen LogP contribution in [0.2, 0.25) is 0 Å². The number of nitrogens with one attached hydrogen (secondary N) is 2. The van der Waals surface area contributed by atoms with Gasteiger partial charge in [-0.25, -0.2) is 18.1 Å². The number of hydrogen-bond acceptors (Lipinski definition) is 5. The SMILES string of the molecule is Cc1cc(=O)n(-c2ccc(NS(=O)(=O)c3cccc4cccnc34)cn2)[nH]1. The quantitative estimate of drug-likeness (QED) is 0.563. The van der Waals surface area contributed by atoms with Gasteiger partial charge in [-0.3, -0.25) is 19.6 Å². The number of aromatic nitrogens is 4. The Balaban J connectivity index is 1.67. The third-order valence-corrected chi connectivity index (χ3v) is 5.38.